The van der Waals surface area contributed by atoms with Gasteiger partial charge in [-0.3, -0.25) is 4.79 Å². The molecular formula is C13H13NO2S. The van der Waals surface area contributed by atoms with E-state index >= 15 is 0 Å². The minimum absolute atomic E-state index is 0.0690. The highest BCUT2D eigenvalue weighted by Gasteiger charge is 2.01. The first-order chi connectivity index (χ1) is 8.15. The quantitative estimate of drug-likeness (QED) is 0.501. The highest BCUT2D eigenvalue weighted by Crippen LogP contribution is 2.06. The fourth-order valence-electron chi connectivity index (χ4n) is 1.23. The Morgan fingerprint density at radius 2 is 2.18 bits per heavy atom. The second-order valence-electron chi connectivity index (χ2n) is 3.19. The van der Waals surface area contributed by atoms with Crippen molar-refractivity contribution in [2.75, 3.05) is 6.61 Å². The Hall–Kier alpha value is -1.86. The van der Waals surface area contributed by atoms with Gasteiger partial charge in [0.05, 0.1) is 6.61 Å². The van der Waals surface area contributed by atoms with Crippen molar-refractivity contribution in [1.29, 1.82) is 0 Å². The molecule has 0 unspecified atom stereocenters. The zero-order valence-corrected chi connectivity index (χ0v) is 10.3. The first kappa shape index (κ1) is 13.2. The largest absolute Gasteiger partial charge is 0.465 e. The van der Waals surface area contributed by atoms with E-state index < -0.39 is 0 Å². The molecule has 0 aliphatic rings. The van der Waals surface area contributed by atoms with Crippen LogP contribution in [0.3, 0.4) is 0 Å². The lowest BCUT2D eigenvalue weighted by molar-refractivity contribution is -0.141. The molecule has 1 aromatic carbocycles. The van der Waals surface area contributed by atoms with E-state index in [0.717, 1.165) is 11.1 Å². The van der Waals surface area contributed by atoms with Gasteiger partial charge in [-0.2, -0.15) is 0 Å². The van der Waals surface area contributed by atoms with Crippen molar-refractivity contribution in [3.8, 4) is 11.8 Å². The van der Waals surface area contributed by atoms with Gasteiger partial charge in [-0.15, -0.1) is 0 Å². The Bertz CT molecular complexity index is 486. The summed E-state index contributed by atoms with van der Waals surface area (Å²) < 4.78 is 4.77. The van der Waals surface area contributed by atoms with Crippen LogP contribution in [0.5, 0.6) is 0 Å². The topological polar surface area (TPSA) is 52.3 Å². The molecule has 88 valence electrons. The second kappa shape index (κ2) is 6.66. The average Bonchev–Trinajstić information content (AvgIpc) is 2.30. The molecule has 0 aromatic heterocycles. The lowest BCUT2D eigenvalue weighted by atomic mass is 10.1. The molecule has 0 bridgehead atoms. The van der Waals surface area contributed by atoms with Crippen LogP contribution in [0.1, 0.15) is 24.5 Å². The number of hydrogen-bond donors (Lipinski definition) is 1. The van der Waals surface area contributed by atoms with E-state index in [1.165, 1.54) is 0 Å². The predicted molar refractivity (Wildman–Crippen MR) is 70.5 cm³/mol. The molecule has 0 heterocycles. The maximum Gasteiger partial charge on any atom is 0.317 e. The van der Waals surface area contributed by atoms with E-state index in [1.54, 1.807) is 13.0 Å². The molecule has 0 fully saturated rings. The molecule has 4 heteroatoms. The van der Waals surface area contributed by atoms with Gasteiger partial charge in [-0.05, 0) is 13.0 Å². The maximum absolute atomic E-state index is 11.1. The van der Waals surface area contributed by atoms with Crippen LogP contribution < -0.4 is 5.73 Å². The van der Waals surface area contributed by atoms with Gasteiger partial charge in [0.2, 0.25) is 0 Å². The summed E-state index contributed by atoms with van der Waals surface area (Å²) in [5, 5.41) is 0. The predicted octanol–water partition coefficient (Wildman–Crippen LogP) is 1.63. The molecule has 0 aliphatic heterocycles. The van der Waals surface area contributed by atoms with E-state index in [2.05, 4.69) is 11.8 Å². The van der Waals surface area contributed by atoms with Crippen LogP contribution in [0, 0.1) is 11.8 Å². The van der Waals surface area contributed by atoms with Gasteiger partial charge in [0.15, 0.2) is 0 Å². The SMILES string of the molecule is CCOC(=O)CC#Cc1ccccc1C(N)=S. The number of carbonyl (C=O) groups excluding carboxylic acids is 1. The average molecular weight is 247 g/mol. The fraction of sp³-hybridized carbons (Fsp3) is 0.231. The van der Waals surface area contributed by atoms with Crippen molar-refractivity contribution in [1.82, 2.24) is 0 Å². The summed E-state index contributed by atoms with van der Waals surface area (Å²) in [5.74, 6) is 5.28. The summed E-state index contributed by atoms with van der Waals surface area (Å²) in [6.45, 7) is 2.12. The number of carbonyl (C=O) groups is 1. The van der Waals surface area contributed by atoms with Gasteiger partial charge in [0, 0.05) is 11.1 Å². The summed E-state index contributed by atoms with van der Waals surface area (Å²) in [7, 11) is 0. The van der Waals surface area contributed by atoms with Crippen LogP contribution in [0.15, 0.2) is 24.3 Å². The fourth-order valence-corrected chi connectivity index (χ4v) is 1.41. The zero-order valence-electron chi connectivity index (χ0n) is 9.53. The second-order valence-corrected chi connectivity index (χ2v) is 3.63. The Morgan fingerprint density at radius 1 is 1.47 bits per heavy atom. The van der Waals surface area contributed by atoms with Crippen molar-refractivity contribution in [2.24, 2.45) is 5.73 Å². The molecule has 17 heavy (non-hydrogen) atoms. The van der Waals surface area contributed by atoms with Crippen LogP contribution in [-0.2, 0) is 9.53 Å². The van der Waals surface area contributed by atoms with E-state index in [0.29, 0.717) is 11.6 Å². The Balaban J connectivity index is 2.78. The summed E-state index contributed by atoms with van der Waals surface area (Å²) in [4.78, 5) is 11.4. The van der Waals surface area contributed by atoms with Gasteiger partial charge in [-0.25, -0.2) is 0 Å². The van der Waals surface area contributed by atoms with Gasteiger partial charge in [-0.1, -0.05) is 42.3 Å². The first-order valence-electron chi connectivity index (χ1n) is 5.18. The highest BCUT2D eigenvalue weighted by molar-refractivity contribution is 7.80. The minimum atomic E-state index is -0.326. The van der Waals surface area contributed by atoms with E-state index in [1.807, 2.05) is 18.2 Å². The molecule has 0 saturated carbocycles. The standard InChI is InChI=1S/C13H13NO2S/c1-2-16-12(15)9-5-7-10-6-3-4-8-11(10)13(14)17/h3-4,6,8H,2,9H2,1H3,(H2,14,17). The van der Waals surface area contributed by atoms with E-state index in [9.17, 15) is 4.79 Å². The summed E-state index contributed by atoms with van der Waals surface area (Å²) >= 11 is 4.91. The lowest BCUT2D eigenvalue weighted by Gasteiger charge is -2.00. The third-order valence-electron chi connectivity index (χ3n) is 1.95. The highest BCUT2D eigenvalue weighted by atomic mass is 32.1. The monoisotopic (exact) mass is 247 g/mol. The number of nitrogens with two attached hydrogens (primary N) is 1. The summed E-state index contributed by atoms with van der Waals surface area (Å²) in [6, 6.07) is 7.30. The summed E-state index contributed by atoms with van der Waals surface area (Å²) in [5.41, 5.74) is 7.01. The van der Waals surface area contributed by atoms with E-state index in [-0.39, 0.29) is 12.4 Å². The lowest BCUT2D eigenvalue weighted by Crippen LogP contribution is -2.11. The number of ether oxygens (including phenoxy) is 1. The summed E-state index contributed by atoms with van der Waals surface area (Å²) in [6.07, 6.45) is 0.0690. The smallest absolute Gasteiger partial charge is 0.317 e. The zero-order chi connectivity index (χ0) is 12.7. The normalized spacial score (nSPS) is 9.00. The Labute approximate surface area is 106 Å². The number of benzene rings is 1. The molecular weight excluding hydrogens is 234 g/mol. The Kier molecular flexibility index (Phi) is 5.18. The number of hydrogen-bond acceptors (Lipinski definition) is 3. The van der Waals surface area contributed by atoms with Crippen molar-refractivity contribution in [3.05, 3.63) is 35.4 Å². The van der Waals surface area contributed by atoms with Crippen molar-refractivity contribution < 1.29 is 9.53 Å². The molecule has 3 nitrogen and oxygen atoms in total. The molecule has 0 atom stereocenters. The van der Waals surface area contributed by atoms with Crippen molar-refractivity contribution >= 4 is 23.2 Å². The number of thiocarbonyl (C=S) groups is 1. The van der Waals surface area contributed by atoms with Gasteiger partial charge in [0.25, 0.3) is 0 Å². The third-order valence-corrected chi connectivity index (χ3v) is 2.17. The van der Waals surface area contributed by atoms with Gasteiger partial charge in [0.1, 0.15) is 11.4 Å². The molecule has 0 radical (unpaired) electrons. The third kappa shape index (κ3) is 4.25. The van der Waals surface area contributed by atoms with Crippen LogP contribution in [0.25, 0.3) is 0 Å². The van der Waals surface area contributed by atoms with Crippen LogP contribution in [0.2, 0.25) is 0 Å². The van der Waals surface area contributed by atoms with Crippen molar-refractivity contribution in [2.45, 2.75) is 13.3 Å². The van der Waals surface area contributed by atoms with Crippen LogP contribution in [-0.4, -0.2) is 17.6 Å². The molecule has 0 aliphatic carbocycles. The Morgan fingerprint density at radius 3 is 2.82 bits per heavy atom. The van der Waals surface area contributed by atoms with E-state index in [4.69, 9.17) is 22.7 Å². The number of esters is 1. The molecule has 0 amide bonds. The number of rotatable bonds is 3. The first-order valence-corrected chi connectivity index (χ1v) is 5.59. The molecule has 1 rings (SSSR count). The molecule has 0 spiro atoms. The van der Waals surface area contributed by atoms with Crippen LogP contribution >= 0.6 is 12.2 Å². The van der Waals surface area contributed by atoms with Crippen molar-refractivity contribution in [3.63, 3.8) is 0 Å². The van der Waals surface area contributed by atoms with Gasteiger partial charge >= 0.3 is 5.97 Å². The molecule has 0 saturated heterocycles. The minimum Gasteiger partial charge on any atom is -0.465 e. The van der Waals surface area contributed by atoms with Crippen LogP contribution in [0.4, 0.5) is 0 Å². The molecule has 1 aromatic rings. The maximum atomic E-state index is 11.1. The van der Waals surface area contributed by atoms with Gasteiger partial charge < -0.3 is 10.5 Å². The molecule has 2 N–H and O–H groups in total.